The van der Waals surface area contributed by atoms with E-state index in [4.69, 9.17) is 16.3 Å². The van der Waals surface area contributed by atoms with Crippen LogP contribution in [0.4, 0.5) is 13.2 Å². The van der Waals surface area contributed by atoms with E-state index in [1.165, 1.54) is 12.1 Å². The maximum absolute atomic E-state index is 13.1. The number of carbonyl (C=O) groups is 1. The highest BCUT2D eigenvalue weighted by molar-refractivity contribution is 6.30. The molecule has 188 valence electrons. The van der Waals surface area contributed by atoms with Gasteiger partial charge >= 0.3 is 18.1 Å². The Bertz CT molecular complexity index is 1530. The molecule has 13 heteroatoms. The van der Waals surface area contributed by atoms with Crippen LogP contribution in [0.1, 0.15) is 12.5 Å². The van der Waals surface area contributed by atoms with Crippen LogP contribution in [0.3, 0.4) is 0 Å². The number of hydrogen-bond acceptors (Lipinski definition) is 6. The quantitative estimate of drug-likeness (QED) is 0.358. The molecule has 36 heavy (non-hydrogen) atoms. The molecular formula is C23H18ClF3N4O5. The summed E-state index contributed by atoms with van der Waals surface area (Å²) in [5.74, 6) is -1.41. The molecule has 0 aliphatic carbocycles. The van der Waals surface area contributed by atoms with Crippen molar-refractivity contribution < 1.29 is 27.4 Å². The van der Waals surface area contributed by atoms with E-state index in [1.807, 2.05) is 0 Å². The maximum Gasteiger partial charge on any atom is 0.573 e. The van der Waals surface area contributed by atoms with Crippen molar-refractivity contribution in [1.82, 2.24) is 19.5 Å². The number of aromatic amines is 2. The first-order valence-electron chi connectivity index (χ1n) is 10.5. The number of imidazole rings is 1. The SMILES string of the molecule is CC(Cc1ccc(Cl)cc1)C(=O)Cn1c(Oc2cccc(OC(F)(F)F)c2)nc2[nH]c(=O)[nH]c(=O)c21. The number of benzene rings is 2. The van der Waals surface area contributed by atoms with Gasteiger partial charge in [-0.15, -0.1) is 13.2 Å². The Morgan fingerprint density at radius 2 is 1.81 bits per heavy atom. The van der Waals surface area contributed by atoms with Crippen LogP contribution in [-0.4, -0.2) is 31.7 Å². The third kappa shape index (κ3) is 5.95. The number of aromatic nitrogens is 4. The number of ketones is 1. The molecule has 0 saturated carbocycles. The van der Waals surface area contributed by atoms with Crippen LogP contribution in [0, 0.1) is 5.92 Å². The summed E-state index contributed by atoms with van der Waals surface area (Å²) in [6.45, 7) is 1.36. The van der Waals surface area contributed by atoms with Crippen LogP contribution in [-0.2, 0) is 17.8 Å². The lowest BCUT2D eigenvalue weighted by atomic mass is 9.97. The summed E-state index contributed by atoms with van der Waals surface area (Å²) in [6, 6.07) is 11.3. The lowest BCUT2D eigenvalue weighted by Gasteiger charge is -2.14. The van der Waals surface area contributed by atoms with Crippen LogP contribution in [0.15, 0.2) is 58.1 Å². The summed E-state index contributed by atoms with van der Waals surface area (Å²) in [4.78, 5) is 45.8. The van der Waals surface area contributed by atoms with Crippen molar-refractivity contribution in [1.29, 1.82) is 0 Å². The molecular weight excluding hydrogens is 505 g/mol. The normalized spacial score (nSPS) is 12.5. The van der Waals surface area contributed by atoms with Gasteiger partial charge in [0.05, 0.1) is 6.54 Å². The van der Waals surface area contributed by atoms with Crippen molar-refractivity contribution >= 4 is 28.5 Å². The summed E-state index contributed by atoms with van der Waals surface area (Å²) in [7, 11) is 0. The number of rotatable bonds is 8. The minimum atomic E-state index is -4.91. The van der Waals surface area contributed by atoms with E-state index < -0.39 is 29.3 Å². The van der Waals surface area contributed by atoms with Gasteiger partial charge in [-0.2, -0.15) is 4.98 Å². The number of alkyl halides is 3. The molecule has 2 aromatic carbocycles. The second kappa shape index (κ2) is 9.90. The molecule has 2 N–H and O–H groups in total. The van der Waals surface area contributed by atoms with Crippen molar-refractivity contribution in [3.05, 3.63) is 80.0 Å². The number of halogens is 4. The van der Waals surface area contributed by atoms with E-state index in [0.29, 0.717) is 11.4 Å². The Morgan fingerprint density at radius 1 is 1.11 bits per heavy atom. The monoisotopic (exact) mass is 522 g/mol. The average Bonchev–Trinajstić information content (AvgIpc) is 3.11. The zero-order valence-corrected chi connectivity index (χ0v) is 19.3. The first-order chi connectivity index (χ1) is 17.0. The minimum absolute atomic E-state index is 0.103. The van der Waals surface area contributed by atoms with E-state index in [0.717, 1.165) is 22.3 Å². The van der Waals surface area contributed by atoms with Crippen molar-refractivity contribution in [2.45, 2.75) is 26.3 Å². The highest BCUT2D eigenvalue weighted by atomic mass is 35.5. The summed E-state index contributed by atoms with van der Waals surface area (Å²) in [5.41, 5.74) is -1.06. The predicted molar refractivity (Wildman–Crippen MR) is 124 cm³/mol. The maximum atomic E-state index is 13.1. The molecule has 0 saturated heterocycles. The van der Waals surface area contributed by atoms with Crippen molar-refractivity contribution in [2.24, 2.45) is 5.92 Å². The fraction of sp³-hybridized carbons (Fsp3) is 0.217. The van der Waals surface area contributed by atoms with Crippen molar-refractivity contribution in [2.75, 3.05) is 0 Å². The van der Waals surface area contributed by atoms with E-state index in [2.05, 4.69) is 19.7 Å². The fourth-order valence-corrected chi connectivity index (χ4v) is 3.64. The Hall–Kier alpha value is -4.06. The van der Waals surface area contributed by atoms with Crippen molar-refractivity contribution in [3.63, 3.8) is 0 Å². The highest BCUT2D eigenvalue weighted by Gasteiger charge is 2.31. The number of nitrogens with one attached hydrogen (secondary N) is 2. The van der Waals surface area contributed by atoms with Gasteiger partial charge in [-0.05, 0) is 36.2 Å². The molecule has 2 heterocycles. The molecule has 0 bridgehead atoms. The number of ether oxygens (including phenoxy) is 2. The van der Waals surface area contributed by atoms with Crippen LogP contribution in [0.2, 0.25) is 5.02 Å². The van der Waals surface area contributed by atoms with Gasteiger partial charge in [0.2, 0.25) is 0 Å². The van der Waals surface area contributed by atoms with Gasteiger partial charge in [0.25, 0.3) is 5.56 Å². The van der Waals surface area contributed by atoms with Crippen molar-refractivity contribution in [3.8, 4) is 17.5 Å². The fourth-order valence-electron chi connectivity index (χ4n) is 3.52. The largest absolute Gasteiger partial charge is 0.573 e. The molecule has 4 aromatic rings. The number of hydrogen-bond donors (Lipinski definition) is 2. The van der Waals surface area contributed by atoms with Gasteiger partial charge in [-0.25, -0.2) is 4.79 Å². The lowest BCUT2D eigenvalue weighted by Crippen LogP contribution is -2.25. The zero-order chi connectivity index (χ0) is 26.0. The highest BCUT2D eigenvalue weighted by Crippen LogP contribution is 2.29. The zero-order valence-electron chi connectivity index (χ0n) is 18.6. The third-order valence-corrected chi connectivity index (χ3v) is 5.43. The first-order valence-corrected chi connectivity index (χ1v) is 10.9. The molecule has 1 unspecified atom stereocenters. The smallest absolute Gasteiger partial charge is 0.425 e. The molecule has 0 aliphatic rings. The molecule has 0 radical (unpaired) electrons. The Balaban J connectivity index is 1.66. The average molecular weight is 523 g/mol. The predicted octanol–water partition coefficient (Wildman–Crippen LogP) is 4.21. The standard InChI is InChI=1S/C23H18ClF3N4O5/c1-12(9-13-5-7-14(24)8-6-13)17(32)11-31-18-19(28-21(34)30-20(18)33)29-22(31)35-15-3-2-4-16(10-15)36-23(25,26)27/h2-8,10,12H,9,11H2,1H3,(H2,28,30,33,34). The number of Topliss-reactive ketones (excluding diaryl/α,β-unsaturated/α-hetero) is 1. The van der Waals surface area contributed by atoms with E-state index in [1.54, 1.807) is 31.2 Å². The van der Waals surface area contributed by atoms with Crippen LogP contribution in [0.25, 0.3) is 11.2 Å². The van der Waals surface area contributed by atoms with E-state index in [9.17, 15) is 27.6 Å². The minimum Gasteiger partial charge on any atom is -0.425 e. The first kappa shape index (κ1) is 25.0. The summed E-state index contributed by atoms with van der Waals surface area (Å²) in [6.07, 6.45) is -4.52. The number of nitrogens with zero attached hydrogens (tertiary/aromatic N) is 2. The lowest BCUT2D eigenvalue weighted by molar-refractivity contribution is -0.274. The second-order valence-corrected chi connectivity index (χ2v) is 8.35. The van der Waals surface area contributed by atoms with Gasteiger partial charge in [0, 0.05) is 17.0 Å². The van der Waals surface area contributed by atoms with Crippen LogP contribution < -0.4 is 20.7 Å². The number of H-pyrrole nitrogens is 2. The Morgan fingerprint density at radius 3 is 2.50 bits per heavy atom. The van der Waals surface area contributed by atoms with Crippen LogP contribution >= 0.6 is 11.6 Å². The number of carbonyl (C=O) groups excluding carboxylic acids is 1. The second-order valence-electron chi connectivity index (χ2n) is 7.91. The molecule has 0 fully saturated rings. The summed E-state index contributed by atoms with van der Waals surface area (Å²) < 4.78 is 48.4. The van der Waals surface area contributed by atoms with Crippen LogP contribution in [0.5, 0.6) is 17.5 Å². The Kier molecular flexibility index (Phi) is 6.88. The molecule has 0 aliphatic heterocycles. The molecule has 1 atom stereocenters. The van der Waals surface area contributed by atoms with Gasteiger partial charge in [-0.1, -0.05) is 36.7 Å². The van der Waals surface area contributed by atoms with E-state index in [-0.39, 0.29) is 35.3 Å². The Labute approximate surface area is 205 Å². The molecule has 9 nitrogen and oxygen atoms in total. The topological polar surface area (TPSA) is 119 Å². The van der Waals surface area contributed by atoms with Gasteiger partial charge in [-0.3, -0.25) is 24.1 Å². The van der Waals surface area contributed by atoms with Gasteiger partial charge in [0.15, 0.2) is 16.9 Å². The molecule has 0 spiro atoms. The third-order valence-electron chi connectivity index (χ3n) is 5.17. The molecule has 0 amide bonds. The van der Waals surface area contributed by atoms with Gasteiger partial charge < -0.3 is 9.47 Å². The van der Waals surface area contributed by atoms with E-state index >= 15 is 0 Å². The molecule has 2 aromatic heterocycles. The summed E-state index contributed by atoms with van der Waals surface area (Å²) >= 11 is 5.90. The molecule has 4 rings (SSSR count). The summed E-state index contributed by atoms with van der Waals surface area (Å²) in [5, 5.41) is 0.558. The van der Waals surface area contributed by atoms with Gasteiger partial charge in [0.1, 0.15) is 11.5 Å². The number of fused-ring (bicyclic) bond motifs is 1.